The molecule has 0 bridgehead atoms. The molecule has 3 rings (SSSR count). The Morgan fingerprint density at radius 3 is 3.17 bits per heavy atom. The van der Waals surface area contributed by atoms with Gasteiger partial charge in [0.15, 0.2) is 0 Å². The van der Waals surface area contributed by atoms with E-state index in [1.165, 1.54) is 30.5 Å². The van der Waals surface area contributed by atoms with Gasteiger partial charge in [0.25, 0.3) is 0 Å². The number of aryl methyl sites for hydroxylation is 1. The molecule has 0 saturated carbocycles. The lowest BCUT2D eigenvalue weighted by molar-refractivity contribution is 0.105. The highest BCUT2D eigenvalue weighted by molar-refractivity contribution is 5.40. The number of hydrogen-bond donors (Lipinski definition) is 2. The minimum Gasteiger partial charge on any atom is -0.508 e. The standard InChI is InChI=1S/C15H22N2O/c1-2-8-17-9-7-16-15-13-10-12(18)5-3-11(13)4-6-14(15)17/h3,5,10,14-16,18H,2,4,6-9H2,1H3/t14-,15-/m1/s1. The molecule has 3 heteroatoms. The van der Waals surface area contributed by atoms with Gasteiger partial charge in [-0.1, -0.05) is 13.0 Å². The van der Waals surface area contributed by atoms with E-state index in [0.717, 1.165) is 19.5 Å². The zero-order valence-electron chi connectivity index (χ0n) is 11.0. The van der Waals surface area contributed by atoms with Crippen LogP contribution in [0.5, 0.6) is 5.75 Å². The first-order valence-corrected chi connectivity index (χ1v) is 7.09. The summed E-state index contributed by atoms with van der Waals surface area (Å²) >= 11 is 0. The van der Waals surface area contributed by atoms with Gasteiger partial charge in [-0.2, -0.15) is 0 Å². The molecule has 1 aromatic carbocycles. The molecule has 3 nitrogen and oxygen atoms in total. The van der Waals surface area contributed by atoms with E-state index in [1.54, 1.807) is 0 Å². The molecule has 2 N–H and O–H groups in total. The van der Waals surface area contributed by atoms with Crippen molar-refractivity contribution in [3.05, 3.63) is 29.3 Å². The first kappa shape index (κ1) is 12.0. The number of phenolic OH excluding ortho intramolecular Hbond substituents is 1. The maximum atomic E-state index is 9.71. The maximum absolute atomic E-state index is 9.71. The Morgan fingerprint density at radius 2 is 2.33 bits per heavy atom. The summed E-state index contributed by atoms with van der Waals surface area (Å²) in [4.78, 5) is 2.62. The first-order valence-electron chi connectivity index (χ1n) is 7.09. The fraction of sp³-hybridized carbons (Fsp3) is 0.600. The molecule has 98 valence electrons. The molecule has 0 aromatic heterocycles. The van der Waals surface area contributed by atoms with Crippen LogP contribution in [0.3, 0.4) is 0 Å². The Balaban J connectivity index is 1.91. The van der Waals surface area contributed by atoms with E-state index in [4.69, 9.17) is 0 Å². The Hall–Kier alpha value is -1.06. The number of rotatable bonds is 2. The zero-order valence-corrected chi connectivity index (χ0v) is 11.0. The molecule has 2 aliphatic rings. The second-order valence-corrected chi connectivity index (χ2v) is 5.46. The minimum absolute atomic E-state index is 0.392. The van der Waals surface area contributed by atoms with Crippen molar-refractivity contribution in [3.63, 3.8) is 0 Å². The lowest BCUT2D eigenvalue weighted by Crippen LogP contribution is -2.54. The lowest BCUT2D eigenvalue weighted by atomic mass is 9.82. The molecule has 1 aromatic rings. The van der Waals surface area contributed by atoms with Crippen LogP contribution >= 0.6 is 0 Å². The normalized spacial score (nSPS) is 27.6. The third-order valence-electron chi connectivity index (χ3n) is 4.30. The number of hydrogen-bond acceptors (Lipinski definition) is 3. The molecule has 1 saturated heterocycles. The molecular formula is C15H22N2O. The fourth-order valence-corrected chi connectivity index (χ4v) is 3.51. The van der Waals surface area contributed by atoms with Gasteiger partial charge in [-0.05, 0) is 49.1 Å². The highest BCUT2D eigenvalue weighted by Crippen LogP contribution is 2.36. The Bertz CT molecular complexity index is 431. The van der Waals surface area contributed by atoms with Gasteiger partial charge in [0.05, 0.1) is 0 Å². The summed E-state index contributed by atoms with van der Waals surface area (Å²) < 4.78 is 0. The number of nitrogens with zero attached hydrogens (tertiary/aromatic N) is 1. The van der Waals surface area contributed by atoms with Gasteiger partial charge in [-0.15, -0.1) is 0 Å². The summed E-state index contributed by atoms with van der Waals surface area (Å²) in [5, 5.41) is 13.3. The van der Waals surface area contributed by atoms with Crippen molar-refractivity contribution in [3.8, 4) is 5.75 Å². The summed E-state index contributed by atoms with van der Waals surface area (Å²) in [6.07, 6.45) is 3.59. The van der Waals surface area contributed by atoms with Gasteiger partial charge in [0, 0.05) is 25.2 Å². The fourth-order valence-electron chi connectivity index (χ4n) is 3.51. The Morgan fingerprint density at radius 1 is 1.44 bits per heavy atom. The second kappa shape index (κ2) is 4.90. The molecule has 0 radical (unpaired) electrons. The maximum Gasteiger partial charge on any atom is 0.115 e. The highest BCUT2D eigenvalue weighted by Gasteiger charge is 2.35. The van der Waals surface area contributed by atoms with Gasteiger partial charge in [-0.25, -0.2) is 0 Å². The van der Waals surface area contributed by atoms with E-state index < -0.39 is 0 Å². The molecule has 0 spiro atoms. The van der Waals surface area contributed by atoms with E-state index in [2.05, 4.69) is 23.2 Å². The van der Waals surface area contributed by atoms with Crippen LogP contribution < -0.4 is 5.32 Å². The summed E-state index contributed by atoms with van der Waals surface area (Å²) in [5.74, 6) is 0.392. The average Bonchev–Trinajstić information content (AvgIpc) is 2.39. The molecule has 0 unspecified atom stereocenters. The summed E-state index contributed by atoms with van der Waals surface area (Å²) in [6, 6.07) is 6.86. The Kier molecular flexibility index (Phi) is 3.27. The van der Waals surface area contributed by atoms with E-state index >= 15 is 0 Å². The average molecular weight is 246 g/mol. The predicted octanol–water partition coefficient (Wildman–Crippen LogP) is 2.06. The molecule has 1 heterocycles. The number of aromatic hydroxyl groups is 1. The van der Waals surface area contributed by atoms with Gasteiger partial charge < -0.3 is 10.4 Å². The summed E-state index contributed by atoms with van der Waals surface area (Å²) in [5.41, 5.74) is 2.71. The number of fused-ring (bicyclic) bond motifs is 3. The monoisotopic (exact) mass is 246 g/mol. The van der Waals surface area contributed by atoms with Crippen LogP contribution in [0.2, 0.25) is 0 Å². The third kappa shape index (κ3) is 2.02. The molecule has 18 heavy (non-hydrogen) atoms. The molecule has 1 fully saturated rings. The van der Waals surface area contributed by atoms with Crippen molar-refractivity contribution in [2.75, 3.05) is 19.6 Å². The summed E-state index contributed by atoms with van der Waals surface area (Å²) in [7, 11) is 0. The van der Waals surface area contributed by atoms with E-state index in [1.807, 2.05) is 12.1 Å². The summed E-state index contributed by atoms with van der Waals surface area (Å²) in [6.45, 7) is 5.65. The number of nitrogens with one attached hydrogen (secondary N) is 1. The molecule has 2 atom stereocenters. The van der Waals surface area contributed by atoms with Gasteiger partial charge in [0.1, 0.15) is 5.75 Å². The molecule has 0 amide bonds. The van der Waals surface area contributed by atoms with Crippen LogP contribution in [0.25, 0.3) is 0 Å². The van der Waals surface area contributed by atoms with Crippen LogP contribution in [0.4, 0.5) is 0 Å². The largest absolute Gasteiger partial charge is 0.508 e. The van der Waals surface area contributed by atoms with Crippen molar-refractivity contribution in [1.82, 2.24) is 10.2 Å². The molecule has 1 aliphatic carbocycles. The molecular weight excluding hydrogens is 224 g/mol. The van der Waals surface area contributed by atoms with Crippen LogP contribution in [0, 0.1) is 0 Å². The van der Waals surface area contributed by atoms with Crippen molar-refractivity contribution < 1.29 is 5.11 Å². The first-order chi connectivity index (χ1) is 8.79. The highest BCUT2D eigenvalue weighted by atomic mass is 16.3. The zero-order chi connectivity index (χ0) is 12.5. The van der Waals surface area contributed by atoms with Crippen molar-refractivity contribution in [2.24, 2.45) is 0 Å². The quantitative estimate of drug-likeness (QED) is 0.838. The van der Waals surface area contributed by atoms with Crippen LogP contribution in [0.1, 0.15) is 36.9 Å². The number of piperazine rings is 1. The SMILES string of the molecule is CCCN1CCN[C@@H]2c3cc(O)ccc3CC[C@H]21. The minimum atomic E-state index is 0.392. The van der Waals surface area contributed by atoms with Gasteiger partial charge >= 0.3 is 0 Å². The van der Waals surface area contributed by atoms with Crippen molar-refractivity contribution in [2.45, 2.75) is 38.3 Å². The Labute approximate surface area is 109 Å². The van der Waals surface area contributed by atoms with Crippen LogP contribution in [-0.2, 0) is 6.42 Å². The van der Waals surface area contributed by atoms with E-state index in [0.29, 0.717) is 17.8 Å². The van der Waals surface area contributed by atoms with Gasteiger partial charge in [0.2, 0.25) is 0 Å². The smallest absolute Gasteiger partial charge is 0.115 e. The lowest BCUT2D eigenvalue weighted by Gasteiger charge is -2.45. The predicted molar refractivity (Wildman–Crippen MR) is 72.8 cm³/mol. The number of phenols is 1. The van der Waals surface area contributed by atoms with E-state index in [9.17, 15) is 5.11 Å². The van der Waals surface area contributed by atoms with Crippen molar-refractivity contribution in [1.29, 1.82) is 0 Å². The van der Waals surface area contributed by atoms with Crippen LogP contribution in [-0.4, -0.2) is 35.7 Å². The van der Waals surface area contributed by atoms with E-state index in [-0.39, 0.29) is 0 Å². The third-order valence-corrected chi connectivity index (χ3v) is 4.30. The molecule has 1 aliphatic heterocycles. The second-order valence-electron chi connectivity index (χ2n) is 5.46. The topological polar surface area (TPSA) is 35.5 Å². The van der Waals surface area contributed by atoms with Crippen LogP contribution in [0.15, 0.2) is 18.2 Å². The van der Waals surface area contributed by atoms with Gasteiger partial charge in [-0.3, -0.25) is 4.90 Å². The number of benzene rings is 1. The van der Waals surface area contributed by atoms with Crippen molar-refractivity contribution >= 4 is 0 Å².